The Kier molecular flexibility index (Phi) is 5.01. The molecule has 0 unspecified atom stereocenters. The Bertz CT molecular complexity index is 1300. The van der Waals surface area contributed by atoms with Crippen molar-refractivity contribution in [2.45, 2.75) is 32.7 Å². The summed E-state index contributed by atoms with van der Waals surface area (Å²) in [6, 6.07) is 25.7. The number of carbonyl (C=O) groups is 1. The van der Waals surface area contributed by atoms with Crippen molar-refractivity contribution >= 4 is 16.9 Å². The van der Waals surface area contributed by atoms with Crippen LogP contribution in [0.3, 0.4) is 0 Å². The highest BCUT2D eigenvalue weighted by molar-refractivity contribution is 5.82. The van der Waals surface area contributed by atoms with E-state index in [1.54, 1.807) is 0 Å². The Morgan fingerprint density at radius 2 is 1.64 bits per heavy atom. The zero-order chi connectivity index (χ0) is 22.4. The van der Waals surface area contributed by atoms with Gasteiger partial charge in [-0.1, -0.05) is 60.7 Å². The minimum absolute atomic E-state index is 0.305. The van der Waals surface area contributed by atoms with Crippen molar-refractivity contribution in [1.82, 2.24) is 14.5 Å². The summed E-state index contributed by atoms with van der Waals surface area (Å²) in [5, 5.41) is 0. The number of benzene rings is 3. The number of hydrogen-bond acceptors (Lipinski definition) is 2. The molecule has 166 valence electrons. The van der Waals surface area contributed by atoms with Gasteiger partial charge in [0.25, 0.3) is 0 Å². The molecule has 0 radical (unpaired) electrons. The van der Waals surface area contributed by atoms with Gasteiger partial charge in [-0.25, -0.2) is 4.98 Å². The van der Waals surface area contributed by atoms with Gasteiger partial charge in [-0.2, -0.15) is 0 Å². The number of nitrogens with zero attached hydrogens (tertiary/aromatic N) is 3. The molecular weight excluding hydrogens is 406 g/mol. The summed E-state index contributed by atoms with van der Waals surface area (Å²) in [5.74, 6) is 2.16. The predicted molar refractivity (Wildman–Crippen MR) is 133 cm³/mol. The van der Waals surface area contributed by atoms with E-state index in [4.69, 9.17) is 4.98 Å². The van der Waals surface area contributed by atoms with Crippen LogP contribution in [-0.2, 0) is 11.3 Å². The molecule has 33 heavy (non-hydrogen) atoms. The van der Waals surface area contributed by atoms with Gasteiger partial charge < -0.3 is 9.47 Å². The second-order valence-corrected chi connectivity index (χ2v) is 9.69. The van der Waals surface area contributed by atoms with E-state index in [2.05, 4.69) is 83.1 Å². The van der Waals surface area contributed by atoms with E-state index in [1.807, 2.05) is 6.07 Å². The summed E-state index contributed by atoms with van der Waals surface area (Å²) in [6.45, 7) is 4.79. The van der Waals surface area contributed by atoms with Crippen LogP contribution in [0.25, 0.3) is 33.5 Å². The van der Waals surface area contributed by atoms with Gasteiger partial charge >= 0.3 is 0 Å². The largest absolute Gasteiger partial charge is 0.342 e. The van der Waals surface area contributed by atoms with Crippen molar-refractivity contribution in [2.75, 3.05) is 13.1 Å². The highest BCUT2D eigenvalue weighted by atomic mass is 16.2. The third kappa shape index (κ3) is 3.95. The Balaban J connectivity index is 1.33. The number of fused-ring (bicyclic) bond motifs is 1. The molecule has 0 N–H and O–H groups in total. The fourth-order valence-corrected chi connectivity index (χ4v) is 5.11. The van der Waals surface area contributed by atoms with Crippen LogP contribution in [0.1, 0.15) is 24.8 Å². The quantitative estimate of drug-likeness (QED) is 0.389. The van der Waals surface area contributed by atoms with E-state index < -0.39 is 0 Å². The maximum Gasteiger partial charge on any atom is 0.225 e. The molecule has 4 aromatic rings. The van der Waals surface area contributed by atoms with Crippen LogP contribution in [-0.4, -0.2) is 33.4 Å². The molecule has 0 spiro atoms. The van der Waals surface area contributed by atoms with Gasteiger partial charge in [0.05, 0.1) is 11.0 Å². The van der Waals surface area contributed by atoms with Crippen LogP contribution in [0.4, 0.5) is 0 Å². The molecule has 6 rings (SSSR count). The van der Waals surface area contributed by atoms with Gasteiger partial charge in [0, 0.05) is 31.1 Å². The lowest BCUT2D eigenvalue weighted by molar-refractivity contribution is -0.131. The van der Waals surface area contributed by atoms with E-state index in [0.29, 0.717) is 17.7 Å². The zero-order valence-corrected chi connectivity index (χ0v) is 19.1. The fourth-order valence-electron chi connectivity index (χ4n) is 5.11. The van der Waals surface area contributed by atoms with Crippen LogP contribution in [0.2, 0.25) is 0 Å². The number of likely N-dealkylation sites (tertiary alicyclic amines) is 1. The lowest BCUT2D eigenvalue weighted by atomic mass is 10.0. The summed E-state index contributed by atoms with van der Waals surface area (Å²) in [6.07, 6.45) is 3.22. The highest BCUT2D eigenvalue weighted by Crippen LogP contribution is 2.34. The summed E-state index contributed by atoms with van der Waals surface area (Å²) >= 11 is 0. The van der Waals surface area contributed by atoms with E-state index in [1.165, 1.54) is 22.2 Å². The first-order chi connectivity index (χ1) is 16.2. The third-order valence-electron chi connectivity index (χ3n) is 7.12. The summed E-state index contributed by atoms with van der Waals surface area (Å²) < 4.78 is 2.38. The van der Waals surface area contributed by atoms with Gasteiger partial charge in [-0.3, -0.25) is 4.79 Å². The van der Waals surface area contributed by atoms with Gasteiger partial charge in [0.2, 0.25) is 5.91 Å². The minimum atomic E-state index is 0.305. The molecule has 2 fully saturated rings. The first kappa shape index (κ1) is 20.2. The average molecular weight is 436 g/mol. The molecule has 2 aliphatic rings. The molecule has 1 saturated heterocycles. The van der Waals surface area contributed by atoms with Crippen LogP contribution < -0.4 is 0 Å². The van der Waals surface area contributed by atoms with Gasteiger partial charge in [0.15, 0.2) is 0 Å². The lowest BCUT2D eigenvalue weighted by Crippen LogP contribution is -2.30. The van der Waals surface area contributed by atoms with Gasteiger partial charge in [0.1, 0.15) is 5.82 Å². The molecule has 2 heterocycles. The summed E-state index contributed by atoms with van der Waals surface area (Å²) in [5.41, 5.74) is 7.03. The second-order valence-electron chi connectivity index (χ2n) is 9.69. The number of carbonyl (C=O) groups excluding carboxylic acids is 1. The Hall–Kier alpha value is -3.40. The standard InChI is InChI=1S/C29H29N3O/c1-20-7-14-26-27(17-20)32(19-21-15-16-31(18-21)29(33)25-12-13-25)28(30-26)24-10-8-23(9-11-24)22-5-3-2-4-6-22/h2-11,14,17,21,25H,12-13,15-16,18-19H2,1H3/t21-/m0/s1. The Morgan fingerprint density at radius 1 is 0.909 bits per heavy atom. The molecule has 1 amide bonds. The fraction of sp³-hybridized carbons (Fsp3) is 0.310. The van der Waals surface area contributed by atoms with Crippen molar-refractivity contribution in [3.8, 4) is 22.5 Å². The normalized spacial score (nSPS) is 18.2. The van der Waals surface area contributed by atoms with Crippen molar-refractivity contribution in [1.29, 1.82) is 0 Å². The molecule has 4 heteroatoms. The number of rotatable bonds is 5. The predicted octanol–water partition coefficient (Wildman–Crippen LogP) is 5.94. The first-order valence-corrected chi connectivity index (χ1v) is 12.1. The van der Waals surface area contributed by atoms with Crippen LogP contribution in [0, 0.1) is 18.8 Å². The lowest BCUT2D eigenvalue weighted by Gasteiger charge is -2.18. The van der Waals surface area contributed by atoms with Crippen molar-refractivity contribution in [3.05, 3.63) is 78.4 Å². The first-order valence-electron chi connectivity index (χ1n) is 12.1. The molecule has 1 aliphatic heterocycles. The number of aryl methyl sites for hydroxylation is 1. The minimum Gasteiger partial charge on any atom is -0.342 e. The van der Waals surface area contributed by atoms with E-state index in [9.17, 15) is 4.79 Å². The number of imidazole rings is 1. The summed E-state index contributed by atoms with van der Waals surface area (Å²) in [4.78, 5) is 19.7. The molecule has 1 atom stereocenters. The van der Waals surface area contributed by atoms with Crippen LogP contribution in [0.15, 0.2) is 72.8 Å². The Labute approximate surface area is 194 Å². The van der Waals surface area contributed by atoms with Crippen molar-refractivity contribution in [3.63, 3.8) is 0 Å². The van der Waals surface area contributed by atoms with E-state index >= 15 is 0 Å². The monoisotopic (exact) mass is 435 g/mol. The number of aromatic nitrogens is 2. The molecule has 3 aromatic carbocycles. The third-order valence-corrected chi connectivity index (χ3v) is 7.12. The smallest absolute Gasteiger partial charge is 0.225 e. The topological polar surface area (TPSA) is 38.1 Å². The van der Waals surface area contributed by atoms with Crippen LogP contribution >= 0.6 is 0 Å². The van der Waals surface area contributed by atoms with E-state index in [0.717, 1.165) is 55.8 Å². The maximum absolute atomic E-state index is 12.6. The Morgan fingerprint density at radius 3 is 2.39 bits per heavy atom. The molecular formula is C29H29N3O. The van der Waals surface area contributed by atoms with E-state index in [-0.39, 0.29) is 0 Å². The van der Waals surface area contributed by atoms with Crippen LogP contribution in [0.5, 0.6) is 0 Å². The van der Waals surface area contributed by atoms with Crippen molar-refractivity contribution < 1.29 is 4.79 Å². The maximum atomic E-state index is 12.6. The van der Waals surface area contributed by atoms with Crippen molar-refractivity contribution in [2.24, 2.45) is 11.8 Å². The molecule has 0 bridgehead atoms. The average Bonchev–Trinajstić information content (AvgIpc) is 3.50. The SMILES string of the molecule is Cc1ccc2nc(-c3ccc(-c4ccccc4)cc3)n(C[C@H]3CCN(C(=O)C4CC4)C3)c2c1. The van der Waals surface area contributed by atoms with Gasteiger partial charge in [-0.05, 0) is 60.9 Å². The molecule has 1 aromatic heterocycles. The molecule has 1 saturated carbocycles. The van der Waals surface area contributed by atoms with Gasteiger partial charge in [-0.15, -0.1) is 0 Å². The number of amides is 1. The summed E-state index contributed by atoms with van der Waals surface area (Å²) in [7, 11) is 0. The number of hydrogen-bond donors (Lipinski definition) is 0. The molecule has 4 nitrogen and oxygen atoms in total. The second kappa shape index (κ2) is 8.18. The molecule has 1 aliphatic carbocycles. The zero-order valence-electron chi connectivity index (χ0n) is 19.1. The highest BCUT2D eigenvalue weighted by Gasteiger charge is 2.36.